The summed E-state index contributed by atoms with van der Waals surface area (Å²) in [6, 6.07) is 18.1. The van der Waals surface area contributed by atoms with E-state index in [0.717, 1.165) is 16.7 Å². The number of hydrazone groups is 1. The smallest absolute Gasteiger partial charge is 0.276 e. The zero-order valence-corrected chi connectivity index (χ0v) is 15.5. The first kappa shape index (κ1) is 18.6. The van der Waals surface area contributed by atoms with Crippen LogP contribution < -0.4 is 11.0 Å². The molecular formula is C21H18ClN3O2. The summed E-state index contributed by atoms with van der Waals surface area (Å²) in [4.78, 5) is 24.9. The summed E-state index contributed by atoms with van der Waals surface area (Å²) in [5, 5.41) is 4.57. The predicted octanol–water partition coefficient (Wildman–Crippen LogP) is 3.62. The third kappa shape index (κ3) is 4.92. The number of hydrogen-bond acceptors (Lipinski definition) is 3. The third-order valence-corrected chi connectivity index (χ3v) is 4.20. The number of nitrogens with zero attached hydrogens (tertiary/aromatic N) is 2. The molecule has 3 rings (SSSR count). The summed E-state index contributed by atoms with van der Waals surface area (Å²) >= 11 is 5.88. The molecule has 1 aromatic heterocycles. The summed E-state index contributed by atoms with van der Waals surface area (Å²) in [6.45, 7) is 2.33. The molecule has 1 N–H and O–H groups in total. The van der Waals surface area contributed by atoms with Gasteiger partial charge in [0.25, 0.3) is 11.5 Å². The number of pyridine rings is 1. The second-order valence-corrected chi connectivity index (χ2v) is 6.53. The molecule has 0 atom stereocenters. The standard InChI is InChI=1S/C21H18ClN3O2/c1-15-4-2-5-17(12-15)13-23-24-20(26)19-6-3-11-25(21(19)27)14-16-7-9-18(22)10-8-16/h2-13H,14H2,1H3,(H,24,26)/b23-13-. The van der Waals surface area contributed by atoms with Gasteiger partial charge in [-0.05, 0) is 42.3 Å². The molecule has 2 aromatic carbocycles. The maximum Gasteiger partial charge on any atom is 0.276 e. The highest BCUT2D eigenvalue weighted by atomic mass is 35.5. The monoisotopic (exact) mass is 379 g/mol. The topological polar surface area (TPSA) is 63.5 Å². The minimum absolute atomic E-state index is 0.0351. The minimum atomic E-state index is -0.547. The Bertz CT molecular complexity index is 1040. The lowest BCUT2D eigenvalue weighted by Crippen LogP contribution is -2.30. The second-order valence-electron chi connectivity index (χ2n) is 6.09. The first-order chi connectivity index (χ1) is 13.0. The molecule has 0 fully saturated rings. The van der Waals surface area contributed by atoms with E-state index in [-0.39, 0.29) is 11.1 Å². The van der Waals surface area contributed by atoms with Crippen molar-refractivity contribution >= 4 is 23.7 Å². The van der Waals surface area contributed by atoms with Crippen LogP contribution in [0.1, 0.15) is 27.0 Å². The van der Waals surface area contributed by atoms with Crippen molar-refractivity contribution in [2.45, 2.75) is 13.5 Å². The molecule has 1 heterocycles. The molecule has 0 saturated carbocycles. The third-order valence-electron chi connectivity index (χ3n) is 3.95. The van der Waals surface area contributed by atoms with E-state index in [1.54, 1.807) is 30.6 Å². The average Bonchev–Trinajstić information content (AvgIpc) is 2.65. The van der Waals surface area contributed by atoms with Crippen LogP contribution in [0, 0.1) is 6.92 Å². The Labute approximate surface area is 161 Å². The summed E-state index contributed by atoms with van der Waals surface area (Å²) < 4.78 is 1.47. The van der Waals surface area contributed by atoms with Crippen molar-refractivity contribution in [1.82, 2.24) is 9.99 Å². The predicted molar refractivity (Wildman–Crippen MR) is 107 cm³/mol. The molecule has 0 aliphatic carbocycles. The summed E-state index contributed by atoms with van der Waals surface area (Å²) in [5.41, 5.74) is 4.94. The number of benzene rings is 2. The lowest BCUT2D eigenvalue weighted by Gasteiger charge is -2.08. The van der Waals surface area contributed by atoms with E-state index in [2.05, 4.69) is 10.5 Å². The van der Waals surface area contributed by atoms with Crippen molar-refractivity contribution < 1.29 is 4.79 Å². The lowest BCUT2D eigenvalue weighted by atomic mass is 10.2. The average molecular weight is 380 g/mol. The van der Waals surface area contributed by atoms with Gasteiger partial charge >= 0.3 is 0 Å². The van der Waals surface area contributed by atoms with E-state index in [1.165, 1.54) is 10.6 Å². The normalized spacial score (nSPS) is 10.9. The number of carbonyl (C=O) groups excluding carboxylic acids is 1. The maximum atomic E-state index is 12.6. The van der Waals surface area contributed by atoms with Gasteiger partial charge in [0.1, 0.15) is 5.56 Å². The van der Waals surface area contributed by atoms with Gasteiger partial charge < -0.3 is 4.57 Å². The molecule has 6 heteroatoms. The van der Waals surface area contributed by atoms with E-state index in [4.69, 9.17) is 11.6 Å². The molecule has 0 bridgehead atoms. The van der Waals surface area contributed by atoms with Crippen molar-refractivity contribution in [3.05, 3.63) is 104 Å². The van der Waals surface area contributed by atoms with E-state index >= 15 is 0 Å². The summed E-state index contributed by atoms with van der Waals surface area (Å²) in [6.07, 6.45) is 3.18. The van der Waals surface area contributed by atoms with Crippen LogP contribution in [0.15, 0.2) is 76.8 Å². The van der Waals surface area contributed by atoms with Crippen molar-refractivity contribution in [2.75, 3.05) is 0 Å². The van der Waals surface area contributed by atoms with Crippen LogP contribution in [0.25, 0.3) is 0 Å². The van der Waals surface area contributed by atoms with E-state index in [0.29, 0.717) is 11.6 Å². The number of halogens is 1. The molecule has 0 spiro atoms. The van der Waals surface area contributed by atoms with E-state index in [9.17, 15) is 9.59 Å². The second kappa shape index (κ2) is 8.47. The van der Waals surface area contributed by atoms with E-state index in [1.807, 2.05) is 43.3 Å². The molecule has 0 aliphatic heterocycles. The number of amides is 1. The number of nitrogens with one attached hydrogen (secondary N) is 1. The Morgan fingerprint density at radius 2 is 1.93 bits per heavy atom. The van der Waals surface area contributed by atoms with E-state index < -0.39 is 5.91 Å². The van der Waals surface area contributed by atoms with Gasteiger partial charge in [-0.1, -0.05) is 53.6 Å². The van der Waals surface area contributed by atoms with Gasteiger partial charge in [-0.15, -0.1) is 0 Å². The molecule has 3 aromatic rings. The number of aryl methyl sites for hydroxylation is 1. The highest BCUT2D eigenvalue weighted by Crippen LogP contribution is 2.10. The zero-order chi connectivity index (χ0) is 19.2. The highest BCUT2D eigenvalue weighted by molar-refractivity contribution is 6.30. The number of carbonyl (C=O) groups is 1. The summed E-state index contributed by atoms with van der Waals surface area (Å²) in [7, 11) is 0. The molecular weight excluding hydrogens is 362 g/mol. The zero-order valence-electron chi connectivity index (χ0n) is 14.7. The van der Waals surface area contributed by atoms with Crippen LogP contribution in [0.3, 0.4) is 0 Å². The van der Waals surface area contributed by atoms with Crippen LogP contribution in [-0.2, 0) is 6.54 Å². The first-order valence-corrected chi connectivity index (χ1v) is 8.75. The first-order valence-electron chi connectivity index (χ1n) is 8.37. The quantitative estimate of drug-likeness (QED) is 0.543. The van der Waals surface area contributed by atoms with Gasteiger partial charge in [0.2, 0.25) is 0 Å². The molecule has 0 unspecified atom stereocenters. The Hall–Kier alpha value is -3.18. The van der Waals surface area contributed by atoms with Gasteiger partial charge in [-0.3, -0.25) is 9.59 Å². The Kier molecular flexibility index (Phi) is 5.84. The summed E-state index contributed by atoms with van der Waals surface area (Å²) in [5.74, 6) is -0.547. The van der Waals surface area contributed by atoms with Crippen molar-refractivity contribution in [3.63, 3.8) is 0 Å². The van der Waals surface area contributed by atoms with Gasteiger partial charge in [-0.2, -0.15) is 5.10 Å². The largest absolute Gasteiger partial charge is 0.310 e. The lowest BCUT2D eigenvalue weighted by molar-refractivity contribution is 0.0953. The SMILES string of the molecule is Cc1cccc(/C=N\NC(=O)c2cccn(Cc3ccc(Cl)cc3)c2=O)c1. The Balaban J connectivity index is 1.73. The van der Waals surface area contributed by atoms with Gasteiger partial charge in [0, 0.05) is 11.2 Å². The van der Waals surface area contributed by atoms with Crippen LogP contribution >= 0.6 is 11.6 Å². The molecule has 1 amide bonds. The van der Waals surface area contributed by atoms with Crippen LogP contribution in [0.4, 0.5) is 0 Å². The van der Waals surface area contributed by atoms with Crippen molar-refractivity contribution in [2.24, 2.45) is 5.10 Å². The molecule has 27 heavy (non-hydrogen) atoms. The fourth-order valence-electron chi connectivity index (χ4n) is 2.60. The van der Waals surface area contributed by atoms with Gasteiger partial charge in [-0.25, -0.2) is 5.43 Å². The Morgan fingerprint density at radius 1 is 1.15 bits per heavy atom. The van der Waals surface area contributed by atoms with Gasteiger partial charge in [0.15, 0.2) is 0 Å². The number of hydrogen-bond donors (Lipinski definition) is 1. The molecule has 136 valence electrons. The van der Waals surface area contributed by atoms with Gasteiger partial charge in [0.05, 0.1) is 12.8 Å². The van der Waals surface area contributed by atoms with Crippen LogP contribution in [0.5, 0.6) is 0 Å². The Morgan fingerprint density at radius 3 is 2.67 bits per heavy atom. The fraction of sp³-hybridized carbons (Fsp3) is 0.0952. The number of aromatic nitrogens is 1. The molecule has 0 saturated heterocycles. The van der Waals surface area contributed by atoms with Crippen molar-refractivity contribution in [3.8, 4) is 0 Å². The molecule has 5 nitrogen and oxygen atoms in total. The minimum Gasteiger partial charge on any atom is -0.310 e. The number of rotatable bonds is 5. The molecule has 0 radical (unpaired) electrons. The van der Waals surface area contributed by atoms with Crippen molar-refractivity contribution in [1.29, 1.82) is 0 Å². The molecule has 0 aliphatic rings. The highest BCUT2D eigenvalue weighted by Gasteiger charge is 2.11. The van der Waals surface area contributed by atoms with Crippen LogP contribution in [0.2, 0.25) is 5.02 Å². The maximum absolute atomic E-state index is 12.6. The van der Waals surface area contributed by atoms with Crippen LogP contribution in [-0.4, -0.2) is 16.7 Å². The fourth-order valence-corrected chi connectivity index (χ4v) is 2.72.